The molecular weight excluding hydrogens is 402 g/mol. The summed E-state index contributed by atoms with van der Waals surface area (Å²) in [5.41, 5.74) is 0.124. The predicted molar refractivity (Wildman–Crippen MR) is 105 cm³/mol. The van der Waals surface area contributed by atoms with Crippen LogP contribution in [0.1, 0.15) is 10.4 Å². The molecule has 1 aromatic heterocycles. The Morgan fingerprint density at radius 2 is 2.04 bits per heavy atom. The molecule has 28 heavy (non-hydrogen) atoms. The number of terminal acetylenes is 1. The third kappa shape index (κ3) is 3.71. The van der Waals surface area contributed by atoms with Gasteiger partial charge in [0.05, 0.1) is 26.6 Å². The summed E-state index contributed by atoms with van der Waals surface area (Å²) in [7, 11) is -3.41. The van der Waals surface area contributed by atoms with Gasteiger partial charge >= 0.3 is 0 Å². The van der Waals surface area contributed by atoms with Gasteiger partial charge in [0, 0.05) is 12.3 Å². The van der Waals surface area contributed by atoms with E-state index in [2.05, 4.69) is 10.9 Å². The number of rotatable bonds is 4. The number of hydrogen-bond acceptors (Lipinski definition) is 6. The van der Waals surface area contributed by atoms with Gasteiger partial charge in [-0.25, -0.2) is 8.42 Å². The van der Waals surface area contributed by atoms with Crippen LogP contribution >= 0.6 is 11.3 Å². The molecule has 8 nitrogen and oxygen atoms in total. The smallest absolute Gasteiger partial charge is 0.286 e. The fraction of sp³-hybridized carbons (Fsp3) is 0.111. The summed E-state index contributed by atoms with van der Waals surface area (Å²) in [6.45, 7) is 0.0984. The quantitative estimate of drug-likeness (QED) is 0.369. The molecule has 0 spiro atoms. The van der Waals surface area contributed by atoms with Crippen molar-refractivity contribution in [3.63, 3.8) is 0 Å². The van der Waals surface area contributed by atoms with Crippen LogP contribution < -0.4 is 4.80 Å². The molecule has 0 atom stereocenters. The van der Waals surface area contributed by atoms with Crippen LogP contribution in [0.5, 0.6) is 0 Å². The number of benzene rings is 2. The first-order valence-corrected chi connectivity index (χ1v) is 10.5. The average Bonchev–Trinajstić information content (AvgIpc) is 2.97. The van der Waals surface area contributed by atoms with E-state index in [0.717, 1.165) is 17.6 Å². The summed E-state index contributed by atoms with van der Waals surface area (Å²) < 4.78 is 25.7. The van der Waals surface area contributed by atoms with Crippen molar-refractivity contribution in [3.05, 3.63) is 62.9 Å². The maximum atomic E-state index is 12.6. The maximum absolute atomic E-state index is 12.6. The normalized spacial score (nSPS) is 12.1. The SMILES string of the molecule is C#CCn1c(=NC(=O)c2ccccc2[N+](=O)[O-])sc2cc(S(C)(=O)=O)ccc21. The number of carbonyl (C=O) groups excluding carboxylic acids is 1. The fourth-order valence-electron chi connectivity index (χ4n) is 2.57. The molecule has 0 aliphatic rings. The topological polar surface area (TPSA) is 112 Å². The highest BCUT2D eigenvalue weighted by molar-refractivity contribution is 7.90. The van der Waals surface area contributed by atoms with Crippen LogP contribution in [0, 0.1) is 22.5 Å². The standard InChI is InChI=1S/C18H13N3O5S2/c1-3-10-20-15-9-8-12(28(2,25)26)11-16(15)27-18(20)19-17(22)13-6-4-5-7-14(13)21(23)24/h1,4-9,11H,10H2,2H3. The van der Waals surface area contributed by atoms with Crippen molar-refractivity contribution in [3.8, 4) is 12.3 Å². The number of para-hydroxylation sites is 1. The molecule has 3 rings (SSSR count). The molecule has 0 unspecified atom stereocenters. The Hall–Kier alpha value is -3.29. The van der Waals surface area contributed by atoms with Crippen molar-refractivity contribution in [2.45, 2.75) is 11.4 Å². The van der Waals surface area contributed by atoms with E-state index in [1.165, 1.54) is 36.4 Å². The minimum atomic E-state index is -3.41. The summed E-state index contributed by atoms with van der Waals surface area (Å²) in [5.74, 6) is 1.68. The van der Waals surface area contributed by atoms with Gasteiger partial charge in [-0.05, 0) is 24.3 Å². The van der Waals surface area contributed by atoms with Gasteiger partial charge < -0.3 is 4.57 Å². The molecule has 0 radical (unpaired) electrons. The van der Waals surface area contributed by atoms with Crippen molar-refractivity contribution in [2.24, 2.45) is 4.99 Å². The first-order chi connectivity index (χ1) is 13.2. The van der Waals surface area contributed by atoms with Gasteiger partial charge in [0.15, 0.2) is 14.6 Å². The van der Waals surface area contributed by atoms with Crippen molar-refractivity contribution >= 4 is 43.0 Å². The van der Waals surface area contributed by atoms with Crippen LogP contribution in [0.2, 0.25) is 0 Å². The number of aromatic nitrogens is 1. The van der Waals surface area contributed by atoms with Crippen LogP contribution in [0.25, 0.3) is 10.2 Å². The second kappa shape index (κ2) is 7.38. The molecular formula is C18H13N3O5S2. The lowest BCUT2D eigenvalue weighted by Crippen LogP contribution is -2.16. The molecule has 2 aromatic carbocycles. The lowest BCUT2D eigenvalue weighted by Gasteiger charge is -2.01. The first kappa shape index (κ1) is 19.5. The molecule has 3 aromatic rings. The third-order valence-corrected chi connectivity index (χ3v) is 6.01. The Morgan fingerprint density at radius 3 is 2.68 bits per heavy atom. The number of carbonyl (C=O) groups is 1. The van der Waals surface area contributed by atoms with Crippen molar-refractivity contribution in [1.82, 2.24) is 4.57 Å². The Morgan fingerprint density at radius 1 is 1.32 bits per heavy atom. The second-order valence-electron chi connectivity index (χ2n) is 5.77. The van der Waals surface area contributed by atoms with Crippen LogP contribution in [0.3, 0.4) is 0 Å². The Kier molecular flexibility index (Phi) is 5.13. The summed E-state index contributed by atoms with van der Waals surface area (Å²) in [4.78, 5) is 27.4. The molecule has 0 bridgehead atoms. The zero-order valence-electron chi connectivity index (χ0n) is 14.5. The van der Waals surface area contributed by atoms with E-state index in [1.807, 2.05) is 0 Å². The number of nitrogens with zero attached hydrogens (tertiary/aromatic N) is 3. The van der Waals surface area contributed by atoms with E-state index >= 15 is 0 Å². The van der Waals surface area contributed by atoms with Gasteiger partial charge in [0.1, 0.15) is 5.56 Å². The average molecular weight is 415 g/mol. The minimum absolute atomic E-state index is 0.0984. The summed E-state index contributed by atoms with van der Waals surface area (Å²) in [6, 6.07) is 10.0. The Labute approximate surface area is 163 Å². The molecule has 1 heterocycles. The molecule has 0 aliphatic heterocycles. The highest BCUT2D eigenvalue weighted by Gasteiger charge is 2.19. The van der Waals surface area contributed by atoms with Crippen molar-refractivity contribution in [1.29, 1.82) is 0 Å². The van der Waals surface area contributed by atoms with E-state index in [-0.39, 0.29) is 27.5 Å². The Balaban J connectivity index is 2.22. The fourth-order valence-corrected chi connectivity index (χ4v) is 4.36. The van der Waals surface area contributed by atoms with Crippen molar-refractivity contribution < 1.29 is 18.1 Å². The van der Waals surface area contributed by atoms with Gasteiger partial charge in [-0.15, -0.1) is 6.42 Å². The first-order valence-electron chi connectivity index (χ1n) is 7.82. The molecule has 10 heteroatoms. The summed E-state index contributed by atoms with van der Waals surface area (Å²) in [6.07, 6.45) is 6.50. The number of nitro benzene ring substituents is 1. The molecule has 142 valence electrons. The zero-order valence-corrected chi connectivity index (χ0v) is 16.2. The monoisotopic (exact) mass is 415 g/mol. The van der Waals surface area contributed by atoms with Gasteiger partial charge in [-0.1, -0.05) is 29.4 Å². The summed E-state index contributed by atoms with van der Waals surface area (Å²) >= 11 is 1.08. The summed E-state index contributed by atoms with van der Waals surface area (Å²) in [5, 5.41) is 11.1. The van der Waals surface area contributed by atoms with E-state index in [9.17, 15) is 23.3 Å². The Bertz CT molecular complexity index is 1330. The lowest BCUT2D eigenvalue weighted by molar-refractivity contribution is -0.385. The number of thiazole rings is 1. The largest absolute Gasteiger partial charge is 0.305 e. The van der Waals surface area contributed by atoms with E-state index in [0.29, 0.717) is 10.2 Å². The van der Waals surface area contributed by atoms with E-state index < -0.39 is 20.7 Å². The number of fused-ring (bicyclic) bond motifs is 1. The number of amides is 1. The molecule has 0 saturated carbocycles. The molecule has 0 fully saturated rings. The second-order valence-corrected chi connectivity index (χ2v) is 8.79. The highest BCUT2D eigenvalue weighted by Crippen LogP contribution is 2.23. The lowest BCUT2D eigenvalue weighted by atomic mass is 10.2. The van der Waals surface area contributed by atoms with Crippen LogP contribution in [0.15, 0.2) is 52.4 Å². The number of hydrogen-bond donors (Lipinski definition) is 0. The number of sulfone groups is 1. The predicted octanol–water partition coefficient (Wildman–Crippen LogP) is 2.39. The number of nitro groups is 1. The third-order valence-electron chi connectivity index (χ3n) is 3.86. The zero-order chi connectivity index (χ0) is 20.5. The van der Waals surface area contributed by atoms with Gasteiger partial charge in [-0.2, -0.15) is 4.99 Å². The molecule has 1 amide bonds. The van der Waals surface area contributed by atoms with Crippen molar-refractivity contribution in [2.75, 3.05) is 6.26 Å². The van der Waals surface area contributed by atoms with Gasteiger partial charge in [-0.3, -0.25) is 14.9 Å². The van der Waals surface area contributed by atoms with Crippen LogP contribution in [-0.4, -0.2) is 30.1 Å². The van der Waals surface area contributed by atoms with Crippen LogP contribution in [-0.2, 0) is 16.4 Å². The minimum Gasteiger partial charge on any atom is -0.305 e. The maximum Gasteiger partial charge on any atom is 0.286 e. The van der Waals surface area contributed by atoms with Gasteiger partial charge in [0.25, 0.3) is 11.6 Å². The van der Waals surface area contributed by atoms with E-state index in [1.54, 1.807) is 10.6 Å². The molecule has 0 N–H and O–H groups in total. The van der Waals surface area contributed by atoms with Crippen LogP contribution in [0.4, 0.5) is 5.69 Å². The van der Waals surface area contributed by atoms with Gasteiger partial charge in [0.2, 0.25) is 0 Å². The van der Waals surface area contributed by atoms with E-state index in [4.69, 9.17) is 6.42 Å². The molecule has 0 aliphatic carbocycles. The molecule has 0 saturated heterocycles. The highest BCUT2D eigenvalue weighted by atomic mass is 32.2.